The maximum absolute atomic E-state index is 12.6. The smallest absolute Gasteiger partial charge is 0.317 e. The lowest BCUT2D eigenvalue weighted by Crippen LogP contribution is -2.43. The summed E-state index contributed by atoms with van der Waals surface area (Å²) in [6, 6.07) is 7.89. The molecule has 5 heteroatoms. The van der Waals surface area contributed by atoms with Gasteiger partial charge in [0.05, 0.1) is 0 Å². The summed E-state index contributed by atoms with van der Waals surface area (Å²) >= 11 is 0. The van der Waals surface area contributed by atoms with E-state index in [0.717, 1.165) is 49.9 Å². The molecule has 1 heterocycles. The van der Waals surface area contributed by atoms with E-state index in [4.69, 9.17) is 0 Å². The highest BCUT2D eigenvalue weighted by Crippen LogP contribution is 2.27. The maximum Gasteiger partial charge on any atom is 0.317 e. The van der Waals surface area contributed by atoms with Crippen LogP contribution < -0.4 is 5.32 Å². The maximum atomic E-state index is 12.6. The molecule has 1 aromatic rings. The van der Waals surface area contributed by atoms with Crippen LogP contribution in [0.25, 0.3) is 0 Å². The second-order valence-corrected chi connectivity index (χ2v) is 6.55. The lowest BCUT2D eigenvalue weighted by Gasteiger charge is -2.32. The Labute approximate surface area is 145 Å². The fourth-order valence-corrected chi connectivity index (χ4v) is 3.23. The number of likely N-dealkylation sites (tertiary alicyclic amines) is 1. The third-order valence-electron chi connectivity index (χ3n) is 4.72. The first-order valence-corrected chi connectivity index (χ1v) is 8.89. The van der Waals surface area contributed by atoms with Gasteiger partial charge in [0.1, 0.15) is 0 Å². The van der Waals surface area contributed by atoms with Gasteiger partial charge in [0.25, 0.3) is 5.91 Å². The number of hydrogen-bond donors (Lipinski definition) is 1. The van der Waals surface area contributed by atoms with Gasteiger partial charge in [0.15, 0.2) is 0 Å². The molecular weight excluding hydrogens is 302 g/mol. The van der Waals surface area contributed by atoms with Crippen LogP contribution in [-0.4, -0.2) is 55.5 Å². The van der Waals surface area contributed by atoms with Crippen LogP contribution in [-0.2, 0) is 0 Å². The lowest BCUT2D eigenvalue weighted by molar-refractivity contribution is 0.0793. The van der Waals surface area contributed by atoms with Gasteiger partial charge in [-0.3, -0.25) is 4.79 Å². The van der Waals surface area contributed by atoms with Gasteiger partial charge in [-0.15, -0.1) is 0 Å². The number of carbonyl (C=O) groups is 2. The third kappa shape index (κ3) is 4.49. The fraction of sp³-hybridized carbons (Fsp3) is 0.579. The molecule has 1 N–H and O–H groups in total. The molecule has 0 bridgehead atoms. The van der Waals surface area contributed by atoms with Crippen molar-refractivity contribution >= 4 is 11.9 Å². The molecule has 0 aromatic heterocycles. The molecule has 1 unspecified atom stereocenters. The number of nitrogens with zero attached hydrogens (tertiary/aromatic N) is 2. The zero-order chi connectivity index (χ0) is 17.5. The summed E-state index contributed by atoms with van der Waals surface area (Å²) in [6.07, 6.45) is 4.14. The third-order valence-corrected chi connectivity index (χ3v) is 4.72. The number of unbranched alkanes of at least 4 members (excludes halogenated alkanes) is 1. The number of carbonyl (C=O) groups excluding carboxylic acids is 2. The van der Waals surface area contributed by atoms with Gasteiger partial charge in [-0.1, -0.05) is 25.5 Å². The van der Waals surface area contributed by atoms with Crippen molar-refractivity contribution < 1.29 is 9.59 Å². The second-order valence-electron chi connectivity index (χ2n) is 6.55. The topological polar surface area (TPSA) is 52.7 Å². The number of nitrogens with one attached hydrogen (secondary N) is 1. The molecule has 1 aliphatic heterocycles. The van der Waals surface area contributed by atoms with Gasteiger partial charge in [0, 0.05) is 45.2 Å². The number of piperidine rings is 1. The van der Waals surface area contributed by atoms with E-state index in [2.05, 4.69) is 18.3 Å². The minimum atomic E-state index is -0.0220. The predicted octanol–water partition coefficient (Wildman–Crippen LogP) is 3.08. The molecule has 1 atom stereocenters. The summed E-state index contributed by atoms with van der Waals surface area (Å²) < 4.78 is 0. The normalized spacial score (nSPS) is 17.5. The van der Waals surface area contributed by atoms with Crippen LogP contribution in [0.5, 0.6) is 0 Å². The zero-order valence-electron chi connectivity index (χ0n) is 15.0. The largest absolute Gasteiger partial charge is 0.342 e. The van der Waals surface area contributed by atoms with Crippen molar-refractivity contribution in [2.75, 3.05) is 33.7 Å². The highest BCUT2D eigenvalue weighted by atomic mass is 16.2. The van der Waals surface area contributed by atoms with Crippen LogP contribution in [0.2, 0.25) is 0 Å². The Bertz CT molecular complexity index is 573. The molecule has 0 radical (unpaired) electrons. The van der Waals surface area contributed by atoms with Crippen molar-refractivity contribution in [3.63, 3.8) is 0 Å². The van der Waals surface area contributed by atoms with Crippen LogP contribution in [0, 0.1) is 0 Å². The fourth-order valence-electron chi connectivity index (χ4n) is 3.23. The van der Waals surface area contributed by atoms with E-state index in [-0.39, 0.29) is 11.9 Å². The highest BCUT2D eigenvalue weighted by molar-refractivity contribution is 5.94. The molecular formula is C19H29N3O2. The Morgan fingerprint density at radius 1 is 1.38 bits per heavy atom. The molecule has 0 aliphatic carbocycles. The summed E-state index contributed by atoms with van der Waals surface area (Å²) in [5, 5.41) is 2.70. The molecule has 132 valence electrons. The van der Waals surface area contributed by atoms with Crippen molar-refractivity contribution in [2.45, 2.75) is 38.5 Å². The number of rotatable bonds is 5. The van der Waals surface area contributed by atoms with Crippen molar-refractivity contribution in [3.05, 3.63) is 35.4 Å². The van der Waals surface area contributed by atoms with Crippen LogP contribution in [0.4, 0.5) is 4.79 Å². The summed E-state index contributed by atoms with van der Waals surface area (Å²) in [7, 11) is 3.52. The zero-order valence-corrected chi connectivity index (χ0v) is 15.0. The first kappa shape index (κ1) is 18.3. The van der Waals surface area contributed by atoms with E-state index in [1.807, 2.05) is 30.1 Å². The Hall–Kier alpha value is -2.04. The number of amides is 3. The van der Waals surface area contributed by atoms with Crippen molar-refractivity contribution in [1.29, 1.82) is 0 Å². The summed E-state index contributed by atoms with van der Waals surface area (Å²) in [5.74, 6) is 0.369. The quantitative estimate of drug-likeness (QED) is 0.901. The van der Waals surface area contributed by atoms with Crippen LogP contribution in [0.15, 0.2) is 24.3 Å². The van der Waals surface area contributed by atoms with Crippen molar-refractivity contribution in [1.82, 2.24) is 15.1 Å². The predicted molar refractivity (Wildman–Crippen MR) is 96.3 cm³/mol. The molecule has 5 nitrogen and oxygen atoms in total. The summed E-state index contributed by atoms with van der Waals surface area (Å²) in [5.41, 5.74) is 1.89. The number of urea groups is 1. The Morgan fingerprint density at radius 3 is 2.88 bits per heavy atom. The van der Waals surface area contributed by atoms with E-state index in [9.17, 15) is 9.59 Å². The van der Waals surface area contributed by atoms with Crippen LogP contribution in [0.1, 0.15) is 54.4 Å². The average molecular weight is 331 g/mol. The van der Waals surface area contributed by atoms with Gasteiger partial charge in [-0.2, -0.15) is 0 Å². The molecule has 1 aromatic carbocycles. The van der Waals surface area contributed by atoms with E-state index in [0.29, 0.717) is 12.5 Å². The van der Waals surface area contributed by atoms with E-state index in [1.165, 1.54) is 0 Å². The number of hydrogen-bond acceptors (Lipinski definition) is 2. The van der Waals surface area contributed by atoms with E-state index >= 15 is 0 Å². The molecule has 1 saturated heterocycles. The van der Waals surface area contributed by atoms with Gasteiger partial charge < -0.3 is 15.1 Å². The Morgan fingerprint density at radius 2 is 2.17 bits per heavy atom. The molecule has 0 spiro atoms. The van der Waals surface area contributed by atoms with Gasteiger partial charge in [0.2, 0.25) is 0 Å². The Balaban J connectivity index is 2.09. The van der Waals surface area contributed by atoms with Crippen molar-refractivity contribution in [2.24, 2.45) is 0 Å². The molecule has 24 heavy (non-hydrogen) atoms. The van der Waals surface area contributed by atoms with Gasteiger partial charge in [-0.25, -0.2) is 4.79 Å². The minimum Gasteiger partial charge on any atom is -0.342 e. The lowest BCUT2D eigenvalue weighted by atomic mass is 9.89. The molecule has 3 amide bonds. The molecule has 1 aliphatic rings. The van der Waals surface area contributed by atoms with E-state index in [1.54, 1.807) is 11.9 Å². The standard InChI is InChI=1S/C19H29N3O2/c1-4-5-11-21(3)18(23)16-9-6-8-15(13-16)17-10-7-12-22(14-17)19(24)20-2/h6,8-9,13,17H,4-5,7,10-12,14H2,1-3H3,(H,20,24). The van der Waals surface area contributed by atoms with Gasteiger partial charge >= 0.3 is 6.03 Å². The van der Waals surface area contributed by atoms with Crippen molar-refractivity contribution in [3.8, 4) is 0 Å². The van der Waals surface area contributed by atoms with Crippen LogP contribution >= 0.6 is 0 Å². The minimum absolute atomic E-state index is 0.0220. The summed E-state index contributed by atoms with van der Waals surface area (Å²) in [4.78, 5) is 28.1. The molecule has 0 saturated carbocycles. The monoisotopic (exact) mass is 331 g/mol. The van der Waals surface area contributed by atoms with Crippen LogP contribution in [0.3, 0.4) is 0 Å². The van der Waals surface area contributed by atoms with E-state index < -0.39 is 0 Å². The SMILES string of the molecule is CCCCN(C)C(=O)c1cccc(C2CCCN(C(=O)NC)C2)c1. The first-order chi connectivity index (χ1) is 11.6. The first-order valence-electron chi connectivity index (χ1n) is 8.89. The molecule has 1 fully saturated rings. The Kier molecular flexibility index (Phi) is 6.64. The highest BCUT2D eigenvalue weighted by Gasteiger charge is 2.24. The number of benzene rings is 1. The van der Waals surface area contributed by atoms with Gasteiger partial charge in [-0.05, 0) is 37.0 Å². The molecule has 2 rings (SSSR count). The average Bonchev–Trinajstić information content (AvgIpc) is 2.65. The second kappa shape index (κ2) is 8.71. The summed E-state index contributed by atoms with van der Waals surface area (Å²) in [6.45, 7) is 4.42.